The fourth-order valence-corrected chi connectivity index (χ4v) is 5.56. The van der Waals surface area contributed by atoms with Gasteiger partial charge < -0.3 is 9.16 Å². The normalized spacial score (nSPS) is 14.4. The van der Waals surface area contributed by atoms with E-state index in [1.54, 1.807) is 0 Å². The van der Waals surface area contributed by atoms with E-state index in [0.717, 1.165) is 10.6 Å². The molecule has 0 amide bonds. The van der Waals surface area contributed by atoms with Crippen molar-refractivity contribution < 1.29 is 27.5 Å². The maximum absolute atomic E-state index is 15.3. The first-order valence-electron chi connectivity index (χ1n) is 13.8. The molecule has 15 heteroatoms. The van der Waals surface area contributed by atoms with Crippen LogP contribution in [0.5, 0.6) is 0 Å². The number of nitrogens with zero attached hydrogens (tertiary/aromatic N) is 6. The number of aromatic nitrogens is 6. The summed E-state index contributed by atoms with van der Waals surface area (Å²) >= 11 is 6.04. The molecule has 0 radical (unpaired) electrons. The molecule has 0 aliphatic carbocycles. The smallest absolute Gasteiger partial charge is 0.333 e. The van der Waals surface area contributed by atoms with Crippen molar-refractivity contribution in [3.05, 3.63) is 92.9 Å². The van der Waals surface area contributed by atoms with Crippen LogP contribution in [0.25, 0.3) is 22.9 Å². The highest BCUT2D eigenvalue weighted by Crippen LogP contribution is 2.37. The first kappa shape index (κ1) is 32.0. The largest absolute Gasteiger partial charge is 0.455 e. The molecule has 0 saturated carbocycles. The molecule has 1 aromatic carbocycles. The SMILES string of the molecule is CC(C)(C)[Si](C)(C)OCc1nccc(C(=O)COC(=O)C2C=Cc3cc(-c4c(-n5cnnn5)ccc(Cl)c4F)cc(=O)n32)c1F. The van der Waals surface area contributed by atoms with Crippen LogP contribution in [0.15, 0.2) is 53.7 Å². The first-order valence-corrected chi connectivity index (χ1v) is 17.1. The predicted octanol–water partition coefficient (Wildman–Crippen LogP) is 5.33. The zero-order valence-electron chi connectivity index (χ0n) is 25.0. The second-order valence-electron chi connectivity index (χ2n) is 11.9. The number of pyridine rings is 2. The molecule has 4 heterocycles. The molecule has 45 heavy (non-hydrogen) atoms. The molecule has 234 valence electrons. The summed E-state index contributed by atoms with van der Waals surface area (Å²) in [4.78, 5) is 43.1. The van der Waals surface area contributed by atoms with Crippen molar-refractivity contribution in [2.75, 3.05) is 6.61 Å². The van der Waals surface area contributed by atoms with Gasteiger partial charge in [0.1, 0.15) is 12.0 Å². The molecule has 1 aliphatic heterocycles. The Labute approximate surface area is 262 Å². The van der Waals surface area contributed by atoms with Crippen LogP contribution in [0.2, 0.25) is 23.2 Å². The standard InChI is InChI=1S/C30H29ClF2N6O5Si/c1-30(2,3)45(4,5)44-14-21-27(32)19(10-11-34-21)24(40)15-43-29(42)23-8-6-18-12-17(13-25(41)39(18)23)26-22(38-16-35-36-37-38)9-7-20(31)28(26)33/h6-13,16,23H,14-15H2,1-5H3. The van der Waals surface area contributed by atoms with E-state index in [1.165, 1.54) is 53.6 Å². The lowest BCUT2D eigenvalue weighted by Gasteiger charge is -2.36. The lowest BCUT2D eigenvalue weighted by atomic mass is 10.0. The maximum atomic E-state index is 15.3. The molecular formula is C30H29ClF2N6O5Si. The quantitative estimate of drug-likeness (QED) is 0.133. The number of fused-ring (bicyclic) bond motifs is 1. The summed E-state index contributed by atoms with van der Waals surface area (Å²) in [5.74, 6) is -3.33. The topological polar surface area (TPSA) is 131 Å². The summed E-state index contributed by atoms with van der Waals surface area (Å²) in [6, 6.07) is 5.49. The van der Waals surface area contributed by atoms with Gasteiger partial charge in [-0.3, -0.25) is 19.1 Å². The van der Waals surface area contributed by atoms with E-state index in [4.69, 9.17) is 20.8 Å². The summed E-state index contributed by atoms with van der Waals surface area (Å²) in [5, 5.41) is 10.7. The molecule has 0 saturated heterocycles. The third kappa shape index (κ3) is 6.25. The number of halogens is 3. The lowest BCUT2D eigenvalue weighted by molar-refractivity contribution is -0.144. The Hall–Kier alpha value is -4.40. The van der Waals surface area contributed by atoms with E-state index in [0.29, 0.717) is 0 Å². The van der Waals surface area contributed by atoms with Gasteiger partial charge in [-0.1, -0.05) is 32.4 Å². The molecule has 0 bridgehead atoms. The number of hydrogen-bond donors (Lipinski definition) is 0. The monoisotopic (exact) mass is 654 g/mol. The molecule has 0 N–H and O–H groups in total. The minimum absolute atomic E-state index is 0.0196. The average molecular weight is 655 g/mol. The Balaban J connectivity index is 1.32. The van der Waals surface area contributed by atoms with Crippen LogP contribution in [-0.2, 0) is 20.6 Å². The molecule has 0 fully saturated rings. The van der Waals surface area contributed by atoms with Crippen LogP contribution in [0, 0.1) is 11.6 Å². The summed E-state index contributed by atoms with van der Waals surface area (Å²) in [6.07, 6.45) is 5.47. The number of tetrazole rings is 1. The zero-order chi connectivity index (χ0) is 32.7. The van der Waals surface area contributed by atoms with Gasteiger partial charge in [-0.2, -0.15) is 4.68 Å². The Morgan fingerprint density at radius 1 is 1.11 bits per heavy atom. The van der Waals surface area contributed by atoms with Crippen molar-refractivity contribution in [1.29, 1.82) is 0 Å². The lowest BCUT2D eigenvalue weighted by Crippen LogP contribution is -2.40. The fourth-order valence-electron chi connectivity index (χ4n) is 4.48. The van der Waals surface area contributed by atoms with Gasteiger partial charge in [0.15, 0.2) is 32.6 Å². The third-order valence-electron chi connectivity index (χ3n) is 8.01. The third-order valence-corrected chi connectivity index (χ3v) is 12.8. The highest BCUT2D eigenvalue weighted by atomic mass is 35.5. The molecule has 11 nitrogen and oxygen atoms in total. The van der Waals surface area contributed by atoms with E-state index in [9.17, 15) is 14.4 Å². The summed E-state index contributed by atoms with van der Waals surface area (Å²) in [5.41, 5.74) is -0.292. The van der Waals surface area contributed by atoms with Crippen LogP contribution < -0.4 is 5.56 Å². The molecular weight excluding hydrogens is 626 g/mol. The van der Waals surface area contributed by atoms with Crippen molar-refractivity contribution in [3.63, 3.8) is 0 Å². The van der Waals surface area contributed by atoms with Crippen molar-refractivity contribution in [2.24, 2.45) is 0 Å². The van der Waals surface area contributed by atoms with Gasteiger partial charge in [-0.25, -0.2) is 13.6 Å². The highest BCUT2D eigenvalue weighted by molar-refractivity contribution is 6.74. The van der Waals surface area contributed by atoms with Gasteiger partial charge in [-0.15, -0.1) is 5.10 Å². The van der Waals surface area contributed by atoms with Gasteiger partial charge in [0.2, 0.25) is 5.78 Å². The summed E-state index contributed by atoms with van der Waals surface area (Å²) in [6.45, 7) is 9.32. The number of carbonyl (C=O) groups is 2. The fraction of sp³-hybridized carbons (Fsp3) is 0.300. The van der Waals surface area contributed by atoms with Gasteiger partial charge in [0.25, 0.3) is 5.56 Å². The predicted molar refractivity (Wildman–Crippen MR) is 163 cm³/mol. The number of carbonyl (C=O) groups excluding carboxylic acids is 2. The molecule has 4 aromatic rings. The van der Waals surface area contributed by atoms with Gasteiger partial charge in [0, 0.05) is 23.5 Å². The number of hydrogen-bond acceptors (Lipinski definition) is 9. The van der Waals surface area contributed by atoms with Crippen molar-refractivity contribution >= 4 is 37.7 Å². The molecule has 1 aliphatic rings. The van der Waals surface area contributed by atoms with Gasteiger partial charge in [0.05, 0.1) is 22.9 Å². The van der Waals surface area contributed by atoms with E-state index in [2.05, 4.69) is 41.3 Å². The van der Waals surface area contributed by atoms with Gasteiger partial charge >= 0.3 is 5.97 Å². The van der Waals surface area contributed by atoms with Crippen molar-refractivity contribution in [2.45, 2.75) is 51.6 Å². The molecule has 0 spiro atoms. The van der Waals surface area contributed by atoms with Crippen molar-refractivity contribution in [3.8, 4) is 16.8 Å². The number of ether oxygens (including phenoxy) is 1. The number of esters is 1. The minimum atomic E-state index is -2.21. The minimum Gasteiger partial charge on any atom is -0.455 e. The Kier molecular flexibility index (Phi) is 8.66. The van der Waals surface area contributed by atoms with E-state index in [1.807, 2.05) is 13.1 Å². The molecule has 1 atom stereocenters. The second-order valence-corrected chi connectivity index (χ2v) is 17.1. The van der Waals surface area contributed by atoms with E-state index < -0.39 is 49.9 Å². The van der Waals surface area contributed by atoms with Crippen LogP contribution in [0.4, 0.5) is 8.78 Å². The van der Waals surface area contributed by atoms with Crippen LogP contribution >= 0.6 is 11.6 Å². The number of ketones is 1. The maximum Gasteiger partial charge on any atom is 0.333 e. The Morgan fingerprint density at radius 3 is 2.56 bits per heavy atom. The van der Waals surface area contributed by atoms with Crippen LogP contribution in [0.3, 0.4) is 0 Å². The Morgan fingerprint density at radius 2 is 1.87 bits per heavy atom. The highest BCUT2D eigenvalue weighted by Gasteiger charge is 2.37. The zero-order valence-corrected chi connectivity index (χ0v) is 26.8. The molecule has 5 rings (SSSR count). The van der Waals surface area contributed by atoms with Gasteiger partial charge in [-0.05, 0) is 70.5 Å². The van der Waals surface area contributed by atoms with E-state index >= 15 is 8.78 Å². The van der Waals surface area contributed by atoms with Crippen LogP contribution in [0.1, 0.15) is 48.6 Å². The summed E-state index contributed by atoms with van der Waals surface area (Å²) < 4.78 is 44.1. The molecule has 1 unspecified atom stereocenters. The van der Waals surface area contributed by atoms with Crippen LogP contribution in [-0.4, -0.2) is 56.4 Å². The number of benzene rings is 1. The number of Topliss-reactive ketones (excluding diaryl/α,β-unsaturated/α-hetero) is 1. The second kappa shape index (κ2) is 12.2. The van der Waals surface area contributed by atoms with E-state index in [-0.39, 0.29) is 50.4 Å². The molecule has 3 aromatic heterocycles. The number of rotatable bonds is 9. The summed E-state index contributed by atoms with van der Waals surface area (Å²) in [7, 11) is -2.21. The van der Waals surface area contributed by atoms with Crippen molar-refractivity contribution in [1.82, 2.24) is 29.8 Å². The first-order chi connectivity index (χ1) is 21.2. The average Bonchev–Trinajstić information content (AvgIpc) is 3.67. The Bertz CT molecular complexity index is 1890.